The van der Waals surface area contributed by atoms with Crippen molar-refractivity contribution in [3.8, 4) is 0 Å². The maximum atomic E-state index is 5.14. The average molecular weight is 187 g/mol. The van der Waals surface area contributed by atoms with E-state index in [1.54, 1.807) is 12.5 Å². The van der Waals surface area contributed by atoms with E-state index in [1.165, 1.54) is 0 Å². The van der Waals surface area contributed by atoms with Crippen molar-refractivity contribution in [1.29, 1.82) is 0 Å². The molecule has 0 N–H and O–H groups in total. The molecule has 0 amide bonds. The van der Waals surface area contributed by atoms with E-state index in [0.29, 0.717) is 0 Å². The van der Waals surface area contributed by atoms with Crippen LogP contribution < -0.4 is 12.4 Å². The average Bonchev–Trinajstić information content (AvgIpc) is 2.16. The second-order valence-corrected chi connectivity index (χ2v) is 2.25. The minimum Gasteiger partial charge on any atom is -1.00 e. The fourth-order valence-corrected chi connectivity index (χ4v) is 0.810. The van der Waals surface area contributed by atoms with Gasteiger partial charge in [0.2, 0.25) is 5.79 Å². The van der Waals surface area contributed by atoms with E-state index in [1.807, 2.05) is 6.92 Å². The van der Waals surface area contributed by atoms with Crippen molar-refractivity contribution in [1.82, 2.24) is 0 Å². The molecule has 0 radical (unpaired) electrons. The molecule has 0 aromatic heterocycles. The van der Waals surface area contributed by atoms with Crippen LogP contribution in [0.1, 0.15) is 19.8 Å². The van der Waals surface area contributed by atoms with Gasteiger partial charge in [-0.1, -0.05) is 0 Å². The summed E-state index contributed by atoms with van der Waals surface area (Å²) in [4.78, 5) is 0. The van der Waals surface area contributed by atoms with Gasteiger partial charge < -0.3 is 28.8 Å². The fourth-order valence-electron chi connectivity index (χ4n) is 0.810. The van der Waals surface area contributed by atoms with Gasteiger partial charge in [0.25, 0.3) is 0 Å². The van der Waals surface area contributed by atoms with Crippen molar-refractivity contribution < 1.29 is 21.9 Å². The van der Waals surface area contributed by atoms with E-state index < -0.39 is 5.79 Å². The summed E-state index contributed by atoms with van der Waals surface area (Å²) in [6.45, 7) is 5.61. The van der Waals surface area contributed by atoms with E-state index in [4.69, 9.17) is 9.47 Å². The molecule has 0 aliphatic carbocycles. The molecular formula is C7H11ClMgO2. The summed E-state index contributed by atoms with van der Waals surface area (Å²) in [6.07, 6.45) is 4.80. The quantitative estimate of drug-likeness (QED) is 0.385. The van der Waals surface area contributed by atoms with Crippen LogP contribution in [0.5, 0.6) is 0 Å². The predicted molar refractivity (Wildman–Crippen MR) is 40.1 cm³/mol. The topological polar surface area (TPSA) is 18.5 Å². The van der Waals surface area contributed by atoms with Gasteiger partial charge in [-0.05, 0) is 6.42 Å². The monoisotopic (exact) mass is 186 g/mol. The maximum absolute atomic E-state index is 5.14. The number of hydrogen-bond donors (Lipinski definition) is 0. The smallest absolute Gasteiger partial charge is 1.00 e. The summed E-state index contributed by atoms with van der Waals surface area (Å²) in [5.41, 5.74) is 0. The number of ether oxygens (including phenoxy) is 2. The Morgan fingerprint density at radius 2 is 1.82 bits per heavy atom. The predicted octanol–water partition coefficient (Wildman–Crippen LogP) is -1.54. The molecule has 60 valence electrons. The summed E-state index contributed by atoms with van der Waals surface area (Å²) in [7, 11) is 0. The molecule has 1 rings (SSSR count). The zero-order chi connectivity index (χ0) is 6.74. The van der Waals surface area contributed by atoms with Crippen molar-refractivity contribution in [3.63, 3.8) is 0 Å². The third-order valence-corrected chi connectivity index (χ3v) is 1.32. The first kappa shape index (κ1) is 14.0. The van der Waals surface area contributed by atoms with Gasteiger partial charge in [0.15, 0.2) is 0 Å². The van der Waals surface area contributed by atoms with Gasteiger partial charge in [-0.15, -0.1) is 0 Å². The van der Waals surface area contributed by atoms with Crippen LogP contribution in [0.2, 0.25) is 0 Å². The van der Waals surface area contributed by atoms with Gasteiger partial charge in [-0.25, -0.2) is 0 Å². The molecule has 0 aromatic rings. The van der Waals surface area contributed by atoms with Crippen LogP contribution in [0.15, 0.2) is 12.5 Å². The molecule has 0 bridgehead atoms. The summed E-state index contributed by atoms with van der Waals surface area (Å²) >= 11 is 0. The van der Waals surface area contributed by atoms with Crippen LogP contribution in [0.4, 0.5) is 0 Å². The third-order valence-electron chi connectivity index (χ3n) is 1.32. The fraction of sp³-hybridized carbons (Fsp3) is 0.571. The van der Waals surface area contributed by atoms with E-state index in [2.05, 4.69) is 6.92 Å². The van der Waals surface area contributed by atoms with Crippen LogP contribution in [0.3, 0.4) is 0 Å². The second kappa shape index (κ2) is 5.97. The Labute approximate surface area is 89.9 Å². The largest absolute Gasteiger partial charge is 2.00 e. The summed E-state index contributed by atoms with van der Waals surface area (Å²) in [5, 5.41) is 0. The van der Waals surface area contributed by atoms with Gasteiger partial charge in [0.1, 0.15) is 12.5 Å². The van der Waals surface area contributed by atoms with Crippen LogP contribution in [0, 0.1) is 6.92 Å². The molecule has 1 heterocycles. The Balaban J connectivity index is 0. The SMILES string of the molecule is [CH2-]CCC1(C)OC=CO1.[Cl-].[Mg+2]. The van der Waals surface area contributed by atoms with Gasteiger partial charge in [-0.2, -0.15) is 6.42 Å². The zero-order valence-electron chi connectivity index (χ0n) is 6.68. The van der Waals surface area contributed by atoms with Crippen molar-refractivity contribution in [2.75, 3.05) is 0 Å². The standard InChI is InChI=1S/C7H11O2.ClH.Mg/c1-3-4-7(2)8-5-6-9-7;;/h5-6H,1,3-4H2,2H3;1H;/q-1;;+2/p-1. The van der Waals surface area contributed by atoms with Crippen LogP contribution >= 0.6 is 0 Å². The number of halogens is 1. The summed E-state index contributed by atoms with van der Waals surface area (Å²) < 4.78 is 10.3. The third kappa shape index (κ3) is 4.08. The van der Waals surface area contributed by atoms with E-state index >= 15 is 0 Å². The van der Waals surface area contributed by atoms with Crippen molar-refractivity contribution in [3.05, 3.63) is 19.4 Å². The molecule has 2 nitrogen and oxygen atoms in total. The molecule has 0 atom stereocenters. The Morgan fingerprint density at radius 1 is 1.36 bits per heavy atom. The summed E-state index contributed by atoms with van der Waals surface area (Å²) in [6, 6.07) is 0. The molecule has 0 saturated carbocycles. The Morgan fingerprint density at radius 3 is 2.18 bits per heavy atom. The molecule has 1 aliphatic rings. The Kier molecular flexibility index (Phi) is 7.58. The van der Waals surface area contributed by atoms with Crippen molar-refractivity contribution in [2.45, 2.75) is 25.6 Å². The molecule has 0 spiro atoms. The molecule has 0 unspecified atom stereocenters. The Bertz CT molecular complexity index is 120. The normalized spacial score (nSPS) is 17.3. The first-order chi connectivity index (χ1) is 4.27. The second-order valence-electron chi connectivity index (χ2n) is 2.25. The van der Waals surface area contributed by atoms with E-state index in [-0.39, 0.29) is 35.5 Å². The first-order valence-electron chi connectivity index (χ1n) is 3.07. The van der Waals surface area contributed by atoms with E-state index in [9.17, 15) is 0 Å². The Hall–Kier alpha value is 0.396. The molecule has 4 heteroatoms. The van der Waals surface area contributed by atoms with Crippen LogP contribution in [-0.2, 0) is 9.47 Å². The minimum absolute atomic E-state index is 0. The van der Waals surface area contributed by atoms with Crippen molar-refractivity contribution >= 4 is 23.1 Å². The molecule has 0 aromatic carbocycles. The van der Waals surface area contributed by atoms with Crippen LogP contribution in [0.25, 0.3) is 0 Å². The molecule has 0 fully saturated rings. The van der Waals surface area contributed by atoms with E-state index in [0.717, 1.165) is 12.8 Å². The van der Waals surface area contributed by atoms with Gasteiger partial charge in [-0.3, -0.25) is 0 Å². The summed E-state index contributed by atoms with van der Waals surface area (Å²) in [5.74, 6) is -0.429. The molecule has 0 saturated heterocycles. The molecule has 1 aliphatic heterocycles. The maximum Gasteiger partial charge on any atom is 2.00 e. The number of hydrogen-bond acceptors (Lipinski definition) is 2. The van der Waals surface area contributed by atoms with Gasteiger partial charge >= 0.3 is 23.1 Å². The number of rotatable bonds is 2. The first-order valence-corrected chi connectivity index (χ1v) is 3.07. The van der Waals surface area contributed by atoms with Crippen molar-refractivity contribution in [2.24, 2.45) is 0 Å². The molecular weight excluding hydrogens is 176 g/mol. The van der Waals surface area contributed by atoms with Crippen LogP contribution in [-0.4, -0.2) is 28.8 Å². The minimum atomic E-state index is -0.429. The molecule has 11 heavy (non-hydrogen) atoms. The van der Waals surface area contributed by atoms with Gasteiger partial charge in [0.05, 0.1) is 0 Å². The zero-order valence-corrected chi connectivity index (χ0v) is 8.85. The van der Waals surface area contributed by atoms with Gasteiger partial charge in [0, 0.05) is 6.92 Å².